The number of hydrogen-bond donors (Lipinski definition) is 3. The van der Waals surface area contributed by atoms with Gasteiger partial charge in [-0.05, 0) is 63.5 Å². The molecule has 0 spiro atoms. The van der Waals surface area contributed by atoms with Crippen molar-refractivity contribution in [3.63, 3.8) is 0 Å². The molecule has 3 aliphatic rings. The third kappa shape index (κ3) is 8.97. The fourth-order valence-electron chi connectivity index (χ4n) is 7.45. The van der Waals surface area contributed by atoms with Crippen molar-refractivity contribution in [2.24, 2.45) is 0 Å². The summed E-state index contributed by atoms with van der Waals surface area (Å²) in [7, 11) is -4.11. The van der Waals surface area contributed by atoms with Gasteiger partial charge in [-0.25, -0.2) is 27.2 Å². The number of benzene rings is 2. The van der Waals surface area contributed by atoms with Crippen molar-refractivity contribution in [1.82, 2.24) is 35.2 Å². The summed E-state index contributed by atoms with van der Waals surface area (Å²) < 4.78 is 64.9. The maximum Gasteiger partial charge on any atom is 0.272 e. The van der Waals surface area contributed by atoms with E-state index < -0.39 is 87.8 Å². The number of rotatable bonds is 7. The highest BCUT2D eigenvalue weighted by molar-refractivity contribution is 7.91. The Morgan fingerprint density at radius 2 is 1.63 bits per heavy atom. The molecule has 302 valence electrons. The predicted molar refractivity (Wildman–Crippen MR) is 206 cm³/mol. The first-order chi connectivity index (χ1) is 27.1. The lowest BCUT2D eigenvalue weighted by Gasteiger charge is -2.34. The first kappa shape index (κ1) is 39.9. The summed E-state index contributed by atoms with van der Waals surface area (Å²) >= 11 is 0. The number of alkyl halides is 2. The second-order valence-corrected chi connectivity index (χ2v) is 17.4. The van der Waals surface area contributed by atoms with Gasteiger partial charge in [0.15, 0.2) is 0 Å². The van der Waals surface area contributed by atoms with Crippen LogP contribution in [0.25, 0.3) is 21.7 Å². The fraction of sp³-hybridized carbons (Fsp3) is 0.475. The first-order valence-electron chi connectivity index (χ1n) is 19.2. The Morgan fingerprint density at radius 3 is 2.35 bits per heavy atom. The van der Waals surface area contributed by atoms with Crippen LogP contribution in [0.2, 0.25) is 0 Å². The molecule has 0 radical (unpaired) electrons. The number of halogens is 2. The molecule has 4 amide bonds. The van der Waals surface area contributed by atoms with Crippen molar-refractivity contribution in [3.8, 4) is 5.88 Å². The van der Waals surface area contributed by atoms with E-state index >= 15 is 8.78 Å². The van der Waals surface area contributed by atoms with Gasteiger partial charge in [0.05, 0.1) is 29.2 Å². The number of pyridine rings is 1. The molecule has 4 heterocycles. The van der Waals surface area contributed by atoms with Crippen LogP contribution in [0.4, 0.5) is 8.78 Å². The molecule has 3 fully saturated rings. The van der Waals surface area contributed by atoms with Crippen LogP contribution in [0, 0.1) is 6.92 Å². The quantitative estimate of drug-likeness (QED) is 0.225. The van der Waals surface area contributed by atoms with Crippen LogP contribution in [-0.2, 0) is 24.4 Å². The van der Waals surface area contributed by atoms with Gasteiger partial charge in [0.1, 0.15) is 29.4 Å². The molecule has 2 aromatic heterocycles. The van der Waals surface area contributed by atoms with E-state index in [2.05, 4.69) is 20.6 Å². The Hall–Kier alpha value is -5.32. The lowest BCUT2D eigenvalue weighted by atomic mass is 9.91. The van der Waals surface area contributed by atoms with E-state index in [4.69, 9.17) is 9.72 Å². The topological polar surface area (TPSA) is 190 Å². The molecule has 4 unspecified atom stereocenters. The number of nitrogens with one attached hydrogen (secondary N) is 3. The average Bonchev–Trinajstić information content (AvgIpc) is 3.97. The van der Waals surface area contributed by atoms with E-state index in [0.29, 0.717) is 42.3 Å². The van der Waals surface area contributed by atoms with Crippen molar-refractivity contribution >= 4 is 55.3 Å². The zero-order valence-corrected chi connectivity index (χ0v) is 32.5. The van der Waals surface area contributed by atoms with Crippen LogP contribution in [-0.4, -0.2) is 93.3 Å². The number of hydrogen-bond acceptors (Lipinski definition) is 10. The van der Waals surface area contributed by atoms with Crippen LogP contribution in [0.5, 0.6) is 5.88 Å². The molecule has 1 aliphatic carbocycles. The van der Waals surface area contributed by atoms with Crippen LogP contribution in [0.3, 0.4) is 0 Å². The van der Waals surface area contributed by atoms with E-state index in [0.717, 1.165) is 10.8 Å². The summed E-state index contributed by atoms with van der Waals surface area (Å²) in [6.07, 6.45) is 1.27. The zero-order chi connectivity index (χ0) is 40.5. The summed E-state index contributed by atoms with van der Waals surface area (Å²) in [6, 6.07) is 12.5. The summed E-state index contributed by atoms with van der Waals surface area (Å²) in [5.74, 6) is -6.32. The van der Waals surface area contributed by atoms with Gasteiger partial charge in [-0.2, -0.15) is 0 Å². The van der Waals surface area contributed by atoms with Crippen LogP contribution >= 0.6 is 0 Å². The number of para-hydroxylation sites is 1. The van der Waals surface area contributed by atoms with E-state index in [-0.39, 0.29) is 37.4 Å². The third-order valence-corrected chi connectivity index (χ3v) is 12.8. The Morgan fingerprint density at radius 1 is 0.912 bits per heavy atom. The van der Waals surface area contributed by atoms with Gasteiger partial charge in [0.2, 0.25) is 33.6 Å². The zero-order valence-electron chi connectivity index (χ0n) is 31.7. The molecule has 4 atom stereocenters. The Labute approximate surface area is 328 Å². The van der Waals surface area contributed by atoms with Gasteiger partial charge in [0.25, 0.3) is 11.8 Å². The molecular weight excluding hydrogens is 761 g/mol. The monoisotopic (exact) mass is 805 g/mol. The van der Waals surface area contributed by atoms with Crippen molar-refractivity contribution in [2.75, 3.05) is 6.54 Å². The lowest BCUT2D eigenvalue weighted by Crippen LogP contribution is -2.62. The average molecular weight is 806 g/mol. The highest BCUT2D eigenvalue weighted by Crippen LogP contribution is 2.35. The van der Waals surface area contributed by atoms with Gasteiger partial charge in [0, 0.05) is 36.2 Å². The maximum atomic E-state index is 15.3. The van der Waals surface area contributed by atoms with Crippen LogP contribution in [0.15, 0.2) is 60.9 Å². The molecule has 7 rings (SSSR count). The van der Waals surface area contributed by atoms with Crippen LogP contribution < -0.4 is 20.1 Å². The summed E-state index contributed by atoms with van der Waals surface area (Å²) in [6.45, 7) is 2.78. The minimum absolute atomic E-state index is 0.0435. The molecule has 4 aromatic rings. The Balaban J connectivity index is 1.24. The number of carbonyl (C=O) groups is 4. The Bertz CT molecular complexity index is 2310. The third-order valence-electron chi connectivity index (χ3n) is 10.9. The number of aryl methyl sites for hydroxylation is 1. The normalized spacial score (nSPS) is 24.8. The summed E-state index contributed by atoms with van der Waals surface area (Å²) in [5.41, 5.74) is -0.915. The molecule has 17 heteroatoms. The largest absolute Gasteiger partial charge is 0.472 e. The molecule has 14 nitrogen and oxygen atoms in total. The number of aromatic nitrogens is 3. The smallest absolute Gasteiger partial charge is 0.272 e. The van der Waals surface area contributed by atoms with E-state index in [1.165, 1.54) is 24.2 Å². The van der Waals surface area contributed by atoms with Crippen molar-refractivity contribution in [3.05, 3.63) is 72.3 Å². The predicted octanol–water partition coefficient (Wildman–Crippen LogP) is 4.50. The minimum Gasteiger partial charge on any atom is -0.472 e. The second-order valence-electron chi connectivity index (χ2n) is 15.5. The molecule has 2 aliphatic heterocycles. The van der Waals surface area contributed by atoms with E-state index in [1.54, 1.807) is 6.92 Å². The number of amides is 4. The molecule has 2 saturated heterocycles. The SMILES string of the molecule is Cc1cnc(C(=O)NC2CCCCCC(F)(F)CCC(C)(C(=O)NS(=O)(=O)C3CC3)NC(=O)C3CC(Oc4nc5ccccc5c5ccccc45)CN3C2=O)cn1. The van der Waals surface area contributed by atoms with Crippen molar-refractivity contribution in [1.29, 1.82) is 0 Å². The fourth-order valence-corrected chi connectivity index (χ4v) is 8.86. The number of fused-ring (bicyclic) bond motifs is 4. The van der Waals surface area contributed by atoms with Gasteiger partial charge >= 0.3 is 0 Å². The second kappa shape index (κ2) is 15.9. The van der Waals surface area contributed by atoms with Crippen LogP contribution in [0.1, 0.15) is 87.3 Å². The molecule has 3 N–H and O–H groups in total. The number of sulfonamides is 1. The molecular formula is C40H45F2N7O7S. The standard InChI is InChI=1S/C40H45F2N7O7S/c1-24-21-44-32(22-43-24)34(50)45-31-14-4-3-9-17-40(41,42)19-18-39(2,38(53)48-57(54,55)26-15-16-26)47-35(51)33-20-25(23-49(33)37(31)52)56-36-29-12-6-5-10-27(29)28-11-7-8-13-30(28)46-36/h5-8,10-13,21-22,25-26,31,33H,3-4,9,14-20,23H2,1-2H3,(H,45,50)(H,47,51)(H,48,53). The highest BCUT2D eigenvalue weighted by Gasteiger charge is 2.48. The van der Waals surface area contributed by atoms with E-state index in [9.17, 15) is 27.6 Å². The van der Waals surface area contributed by atoms with Gasteiger partial charge < -0.3 is 20.3 Å². The number of nitrogens with zero attached hydrogens (tertiary/aromatic N) is 4. The minimum atomic E-state index is -4.11. The molecule has 2 aromatic carbocycles. The molecule has 1 saturated carbocycles. The maximum absolute atomic E-state index is 15.3. The molecule has 0 bridgehead atoms. The van der Waals surface area contributed by atoms with E-state index in [1.807, 2.05) is 53.3 Å². The number of carbonyl (C=O) groups excluding carboxylic acids is 4. The van der Waals surface area contributed by atoms with Gasteiger partial charge in [-0.15, -0.1) is 0 Å². The number of ether oxygens (including phenoxy) is 1. The van der Waals surface area contributed by atoms with Crippen molar-refractivity contribution in [2.45, 2.75) is 113 Å². The summed E-state index contributed by atoms with van der Waals surface area (Å²) in [4.78, 5) is 70.5. The molecule has 57 heavy (non-hydrogen) atoms. The first-order valence-corrected chi connectivity index (χ1v) is 20.8. The summed E-state index contributed by atoms with van der Waals surface area (Å²) in [5, 5.41) is 6.99. The van der Waals surface area contributed by atoms with Gasteiger partial charge in [-0.3, -0.25) is 28.9 Å². The van der Waals surface area contributed by atoms with Gasteiger partial charge in [-0.1, -0.05) is 49.2 Å². The Kier molecular flexibility index (Phi) is 11.1. The lowest BCUT2D eigenvalue weighted by molar-refractivity contribution is -0.142. The highest BCUT2D eigenvalue weighted by atomic mass is 32.2. The van der Waals surface area contributed by atoms with Crippen molar-refractivity contribution < 1.29 is 41.1 Å².